The van der Waals surface area contributed by atoms with E-state index in [2.05, 4.69) is 15.1 Å². The van der Waals surface area contributed by atoms with Gasteiger partial charge >= 0.3 is 0 Å². The van der Waals surface area contributed by atoms with Crippen molar-refractivity contribution in [2.24, 2.45) is 0 Å². The Morgan fingerprint density at radius 3 is 2.81 bits per heavy atom. The standard InChI is InChI=1S/C24H22FN5O2/c25-17-1-2-20-15(10-17)9-16(11-27-20)19-12-28-30-22-18(5-8-26-22)21(29-23(19)30)14-3-6-24(32,13-31)7-4-14/h1-2,5,8-12,14,26,31-32H,3-4,6-7,13H2. The molecule has 4 heterocycles. The van der Waals surface area contributed by atoms with E-state index < -0.39 is 5.60 Å². The van der Waals surface area contributed by atoms with Gasteiger partial charge in [0.2, 0.25) is 0 Å². The first-order valence-electron chi connectivity index (χ1n) is 10.8. The topological polar surface area (TPSA) is 99.3 Å². The molecule has 162 valence electrons. The Balaban J connectivity index is 1.50. The normalized spacial score (nSPS) is 21.7. The SMILES string of the molecule is OCC1(O)CCC(c2nc3c(-c4cnc5ccc(F)cc5c4)cnn3c3[nH]ccc23)CC1. The second kappa shape index (κ2) is 7.08. The molecule has 1 aliphatic rings. The number of hydrogen-bond acceptors (Lipinski definition) is 5. The van der Waals surface area contributed by atoms with E-state index in [4.69, 9.17) is 4.98 Å². The van der Waals surface area contributed by atoms with Crippen LogP contribution in [0.2, 0.25) is 0 Å². The van der Waals surface area contributed by atoms with E-state index in [1.807, 2.05) is 18.3 Å². The summed E-state index contributed by atoms with van der Waals surface area (Å²) in [6, 6.07) is 8.46. The highest BCUT2D eigenvalue weighted by atomic mass is 19.1. The van der Waals surface area contributed by atoms with Crippen LogP contribution >= 0.6 is 0 Å². The fraction of sp³-hybridized carbons (Fsp3) is 0.292. The Bertz CT molecular complexity index is 1470. The Morgan fingerprint density at radius 2 is 2.00 bits per heavy atom. The molecule has 0 saturated heterocycles. The minimum atomic E-state index is -0.994. The van der Waals surface area contributed by atoms with Gasteiger partial charge in [-0.3, -0.25) is 4.98 Å². The molecule has 6 rings (SSSR count). The highest BCUT2D eigenvalue weighted by Crippen LogP contribution is 2.40. The summed E-state index contributed by atoms with van der Waals surface area (Å²) in [7, 11) is 0. The summed E-state index contributed by atoms with van der Waals surface area (Å²) >= 11 is 0. The van der Waals surface area contributed by atoms with E-state index in [0.717, 1.165) is 51.6 Å². The Labute approximate surface area is 182 Å². The number of aliphatic hydroxyl groups excluding tert-OH is 1. The fourth-order valence-corrected chi connectivity index (χ4v) is 4.88. The molecule has 0 atom stereocenters. The molecular formula is C24H22FN5O2. The molecule has 7 nitrogen and oxygen atoms in total. The van der Waals surface area contributed by atoms with Crippen molar-refractivity contribution in [2.45, 2.75) is 37.2 Å². The summed E-state index contributed by atoms with van der Waals surface area (Å²) in [6.45, 7) is -0.214. The van der Waals surface area contributed by atoms with Crippen LogP contribution in [0.1, 0.15) is 37.3 Å². The second-order valence-electron chi connectivity index (χ2n) is 8.75. The highest BCUT2D eigenvalue weighted by molar-refractivity contribution is 5.89. The molecule has 1 saturated carbocycles. The van der Waals surface area contributed by atoms with E-state index in [9.17, 15) is 14.6 Å². The minimum absolute atomic E-state index is 0.177. The van der Waals surface area contributed by atoms with E-state index in [0.29, 0.717) is 18.5 Å². The molecular weight excluding hydrogens is 409 g/mol. The number of aromatic amines is 1. The van der Waals surface area contributed by atoms with Gasteiger partial charge in [-0.1, -0.05) is 0 Å². The molecule has 0 aliphatic heterocycles. The molecule has 0 spiro atoms. The number of hydrogen-bond donors (Lipinski definition) is 3. The number of aliphatic hydroxyl groups is 2. The van der Waals surface area contributed by atoms with Gasteiger partial charge in [0.1, 0.15) is 11.5 Å². The predicted molar refractivity (Wildman–Crippen MR) is 119 cm³/mol. The summed E-state index contributed by atoms with van der Waals surface area (Å²) in [5.41, 5.74) is 3.91. The van der Waals surface area contributed by atoms with Crippen molar-refractivity contribution in [3.05, 3.63) is 60.4 Å². The van der Waals surface area contributed by atoms with Gasteiger partial charge < -0.3 is 15.2 Å². The van der Waals surface area contributed by atoms with Gasteiger partial charge in [-0.2, -0.15) is 9.61 Å². The van der Waals surface area contributed by atoms with Crippen molar-refractivity contribution in [1.29, 1.82) is 0 Å². The van der Waals surface area contributed by atoms with Crippen LogP contribution in [0.4, 0.5) is 4.39 Å². The zero-order chi connectivity index (χ0) is 21.9. The summed E-state index contributed by atoms with van der Waals surface area (Å²) in [5, 5.41) is 26.2. The fourth-order valence-electron chi connectivity index (χ4n) is 4.88. The third-order valence-corrected chi connectivity index (χ3v) is 6.73. The number of H-pyrrole nitrogens is 1. The molecule has 1 aromatic carbocycles. The predicted octanol–water partition coefficient (Wildman–Crippen LogP) is 3.95. The zero-order valence-electron chi connectivity index (χ0n) is 17.3. The van der Waals surface area contributed by atoms with Crippen molar-refractivity contribution in [1.82, 2.24) is 24.6 Å². The first-order chi connectivity index (χ1) is 15.5. The van der Waals surface area contributed by atoms with E-state index in [1.54, 1.807) is 23.0 Å². The van der Waals surface area contributed by atoms with Gasteiger partial charge in [0.15, 0.2) is 5.65 Å². The van der Waals surface area contributed by atoms with Crippen LogP contribution in [0, 0.1) is 5.82 Å². The Hall–Kier alpha value is -3.36. The lowest BCUT2D eigenvalue weighted by Gasteiger charge is -2.34. The molecule has 5 aromatic rings. The van der Waals surface area contributed by atoms with Crippen LogP contribution in [-0.4, -0.2) is 47.0 Å². The summed E-state index contributed by atoms with van der Waals surface area (Å²) < 4.78 is 15.5. The van der Waals surface area contributed by atoms with Crippen LogP contribution in [0.15, 0.2) is 48.9 Å². The molecule has 0 unspecified atom stereocenters. The van der Waals surface area contributed by atoms with E-state index in [1.165, 1.54) is 12.1 Å². The number of halogens is 1. The third-order valence-electron chi connectivity index (χ3n) is 6.73. The van der Waals surface area contributed by atoms with Crippen molar-refractivity contribution in [2.75, 3.05) is 6.61 Å². The van der Waals surface area contributed by atoms with Crippen molar-refractivity contribution < 1.29 is 14.6 Å². The molecule has 0 amide bonds. The second-order valence-corrected chi connectivity index (χ2v) is 8.75. The number of fused-ring (bicyclic) bond motifs is 4. The average molecular weight is 431 g/mol. The van der Waals surface area contributed by atoms with Crippen molar-refractivity contribution >= 4 is 27.6 Å². The monoisotopic (exact) mass is 431 g/mol. The molecule has 32 heavy (non-hydrogen) atoms. The molecule has 1 aliphatic carbocycles. The number of nitrogens with zero attached hydrogens (tertiary/aromatic N) is 4. The van der Waals surface area contributed by atoms with Crippen molar-refractivity contribution in [3.8, 4) is 11.1 Å². The van der Waals surface area contributed by atoms with Gasteiger partial charge in [-0.05, 0) is 56.0 Å². The van der Waals surface area contributed by atoms with Gasteiger partial charge in [0.25, 0.3) is 0 Å². The largest absolute Gasteiger partial charge is 0.393 e. The van der Waals surface area contributed by atoms with Gasteiger partial charge in [-0.15, -0.1) is 0 Å². The zero-order valence-corrected chi connectivity index (χ0v) is 17.3. The van der Waals surface area contributed by atoms with Crippen LogP contribution < -0.4 is 0 Å². The summed E-state index contributed by atoms with van der Waals surface area (Å²) in [5.74, 6) is -0.123. The third kappa shape index (κ3) is 2.98. The van der Waals surface area contributed by atoms with E-state index in [-0.39, 0.29) is 18.3 Å². The number of pyridine rings is 1. The number of benzene rings is 1. The Kier molecular flexibility index (Phi) is 4.28. The number of rotatable bonds is 3. The maximum atomic E-state index is 13.7. The van der Waals surface area contributed by atoms with Crippen LogP contribution in [-0.2, 0) is 0 Å². The minimum Gasteiger partial charge on any atom is -0.393 e. The molecule has 8 heteroatoms. The highest BCUT2D eigenvalue weighted by Gasteiger charge is 2.34. The lowest BCUT2D eigenvalue weighted by molar-refractivity contribution is -0.0457. The lowest BCUT2D eigenvalue weighted by Crippen LogP contribution is -2.37. The smallest absolute Gasteiger partial charge is 0.165 e. The maximum absolute atomic E-state index is 13.7. The summed E-state index contributed by atoms with van der Waals surface area (Å²) in [4.78, 5) is 12.8. The van der Waals surface area contributed by atoms with Crippen LogP contribution in [0.5, 0.6) is 0 Å². The lowest BCUT2D eigenvalue weighted by atomic mass is 9.77. The number of aromatic nitrogens is 5. The molecule has 1 fully saturated rings. The number of nitrogens with one attached hydrogen (secondary N) is 1. The van der Waals surface area contributed by atoms with Crippen LogP contribution in [0.3, 0.4) is 0 Å². The van der Waals surface area contributed by atoms with E-state index >= 15 is 0 Å². The Morgan fingerprint density at radius 1 is 1.16 bits per heavy atom. The average Bonchev–Trinajstić information content (AvgIpc) is 3.46. The molecule has 4 aromatic heterocycles. The molecule has 3 N–H and O–H groups in total. The molecule has 0 radical (unpaired) electrons. The molecule has 0 bridgehead atoms. The van der Waals surface area contributed by atoms with Gasteiger partial charge in [-0.25, -0.2) is 9.37 Å². The first-order valence-corrected chi connectivity index (χ1v) is 10.8. The van der Waals surface area contributed by atoms with Crippen LogP contribution in [0.25, 0.3) is 38.7 Å². The van der Waals surface area contributed by atoms with Gasteiger partial charge in [0, 0.05) is 40.2 Å². The quantitative estimate of drug-likeness (QED) is 0.402. The van der Waals surface area contributed by atoms with Gasteiger partial charge in [0.05, 0.1) is 29.6 Å². The van der Waals surface area contributed by atoms with Crippen molar-refractivity contribution in [3.63, 3.8) is 0 Å². The summed E-state index contributed by atoms with van der Waals surface area (Å²) in [6.07, 6.45) is 7.99. The maximum Gasteiger partial charge on any atom is 0.165 e. The first kappa shape index (κ1) is 19.3.